The average Bonchev–Trinajstić information content (AvgIpc) is 2.14. The van der Waals surface area contributed by atoms with Gasteiger partial charge in [0, 0.05) is 13.7 Å². The second kappa shape index (κ2) is 4.84. The van der Waals surface area contributed by atoms with Gasteiger partial charge in [0.1, 0.15) is 5.75 Å². The van der Waals surface area contributed by atoms with Crippen molar-refractivity contribution < 1.29 is 9.84 Å². The van der Waals surface area contributed by atoms with Gasteiger partial charge in [0.15, 0.2) is 0 Å². The van der Waals surface area contributed by atoms with Crippen LogP contribution in [0.1, 0.15) is 11.7 Å². The predicted molar refractivity (Wildman–Crippen MR) is 51.8 cm³/mol. The number of rotatable bonds is 4. The molecule has 0 heterocycles. The summed E-state index contributed by atoms with van der Waals surface area (Å²) in [4.78, 5) is 0. The molecule has 3 heteroatoms. The molecule has 0 radical (unpaired) electrons. The molecule has 2 N–H and O–H groups in total. The monoisotopic (exact) mass is 181 g/mol. The van der Waals surface area contributed by atoms with Crippen LogP contribution in [0.3, 0.4) is 0 Å². The molecule has 0 unspecified atom stereocenters. The number of aromatic hydroxyl groups is 1. The third-order valence-corrected chi connectivity index (χ3v) is 1.92. The molecule has 1 aromatic carbocycles. The van der Waals surface area contributed by atoms with Gasteiger partial charge in [-0.2, -0.15) is 0 Å². The first-order valence-corrected chi connectivity index (χ1v) is 4.24. The van der Waals surface area contributed by atoms with Crippen LogP contribution in [-0.4, -0.2) is 25.8 Å². The van der Waals surface area contributed by atoms with Gasteiger partial charge >= 0.3 is 0 Å². The van der Waals surface area contributed by atoms with Crippen LogP contribution >= 0.6 is 0 Å². The van der Waals surface area contributed by atoms with Crippen LogP contribution in [0.25, 0.3) is 0 Å². The molecular formula is C10H15NO2. The molecule has 1 aromatic rings. The highest BCUT2D eigenvalue weighted by Crippen LogP contribution is 2.19. The summed E-state index contributed by atoms with van der Waals surface area (Å²) in [6.45, 7) is 0.736. The molecule has 0 saturated heterocycles. The Morgan fingerprint density at radius 1 is 1.54 bits per heavy atom. The molecule has 0 bridgehead atoms. The molecular weight excluding hydrogens is 166 g/mol. The highest BCUT2D eigenvalue weighted by atomic mass is 16.5. The third-order valence-electron chi connectivity index (χ3n) is 1.92. The minimum Gasteiger partial charge on any atom is -0.508 e. The fourth-order valence-electron chi connectivity index (χ4n) is 1.25. The van der Waals surface area contributed by atoms with Gasteiger partial charge in [-0.25, -0.2) is 0 Å². The maximum atomic E-state index is 9.25. The smallest absolute Gasteiger partial charge is 0.115 e. The van der Waals surface area contributed by atoms with E-state index in [9.17, 15) is 5.11 Å². The lowest BCUT2D eigenvalue weighted by Gasteiger charge is -2.14. The molecule has 0 aliphatic rings. The topological polar surface area (TPSA) is 41.5 Å². The first-order valence-electron chi connectivity index (χ1n) is 4.24. The van der Waals surface area contributed by atoms with Crippen LogP contribution < -0.4 is 5.32 Å². The van der Waals surface area contributed by atoms with Gasteiger partial charge in [0.05, 0.1) is 6.10 Å². The molecule has 3 nitrogen and oxygen atoms in total. The average molecular weight is 181 g/mol. The summed E-state index contributed by atoms with van der Waals surface area (Å²) >= 11 is 0. The van der Waals surface area contributed by atoms with E-state index < -0.39 is 0 Å². The van der Waals surface area contributed by atoms with Crippen LogP contribution in [0.4, 0.5) is 0 Å². The van der Waals surface area contributed by atoms with Crippen molar-refractivity contribution in [1.29, 1.82) is 0 Å². The van der Waals surface area contributed by atoms with E-state index in [0.29, 0.717) is 0 Å². The number of benzene rings is 1. The van der Waals surface area contributed by atoms with E-state index in [-0.39, 0.29) is 11.9 Å². The quantitative estimate of drug-likeness (QED) is 0.735. The summed E-state index contributed by atoms with van der Waals surface area (Å²) in [6.07, 6.45) is -0.00269. The standard InChI is InChI=1S/C10H15NO2/c1-11-7-10(13-2)8-4-3-5-9(12)6-8/h3-6,10-12H,7H2,1-2H3/t10-/m0/s1. The molecule has 0 aliphatic heterocycles. The zero-order valence-electron chi connectivity index (χ0n) is 7.95. The SMILES string of the molecule is CNC[C@H](OC)c1cccc(O)c1. The zero-order valence-corrected chi connectivity index (χ0v) is 7.95. The summed E-state index contributed by atoms with van der Waals surface area (Å²) in [5.74, 6) is 0.274. The molecule has 0 spiro atoms. The summed E-state index contributed by atoms with van der Waals surface area (Å²) in [7, 11) is 3.53. The lowest BCUT2D eigenvalue weighted by molar-refractivity contribution is 0.104. The van der Waals surface area contributed by atoms with E-state index in [2.05, 4.69) is 5.32 Å². The van der Waals surface area contributed by atoms with Crippen LogP contribution in [-0.2, 0) is 4.74 Å². The van der Waals surface area contributed by atoms with E-state index in [1.165, 1.54) is 0 Å². The number of ether oxygens (including phenoxy) is 1. The van der Waals surface area contributed by atoms with E-state index in [0.717, 1.165) is 12.1 Å². The highest BCUT2D eigenvalue weighted by Gasteiger charge is 2.08. The maximum absolute atomic E-state index is 9.25. The van der Waals surface area contributed by atoms with E-state index in [1.54, 1.807) is 19.2 Å². The normalized spacial score (nSPS) is 12.8. The fraction of sp³-hybridized carbons (Fsp3) is 0.400. The minimum absolute atomic E-state index is 0.00269. The minimum atomic E-state index is -0.00269. The van der Waals surface area contributed by atoms with Crippen molar-refractivity contribution >= 4 is 0 Å². The van der Waals surface area contributed by atoms with Crippen LogP contribution in [0.2, 0.25) is 0 Å². The van der Waals surface area contributed by atoms with Gasteiger partial charge < -0.3 is 15.2 Å². The highest BCUT2D eigenvalue weighted by molar-refractivity contribution is 5.28. The summed E-state index contributed by atoms with van der Waals surface area (Å²) in [5.41, 5.74) is 0.983. The second-order valence-corrected chi connectivity index (χ2v) is 2.88. The van der Waals surface area contributed by atoms with Crippen LogP contribution in [0.5, 0.6) is 5.75 Å². The summed E-state index contributed by atoms with van der Waals surface area (Å²) in [6, 6.07) is 7.11. The Hall–Kier alpha value is -1.06. The number of phenolic OH excluding ortho intramolecular Hbond substituents is 1. The predicted octanol–water partition coefficient (Wildman–Crippen LogP) is 1.30. The Bertz CT molecular complexity index is 263. The Labute approximate surface area is 78.3 Å². The van der Waals surface area contributed by atoms with Gasteiger partial charge in [-0.15, -0.1) is 0 Å². The van der Waals surface area contributed by atoms with E-state index in [4.69, 9.17) is 4.74 Å². The van der Waals surface area contributed by atoms with Crippen molar-refractivity contribution in [3.8, 4) is 5.75 Å². The molecule has 0 aliphatic carbocycles. The molecule has 0 saturated carbocycles. The van der Waals surface area contributed by atoms with Crippen molar-refractivity contribution in [2.24, 2.45) is 0 Å². The Kier molecular flexibility index (Phi) is 3.73. The number of methoxy groups -OCH3 is 1. The lowest BCUT2D eigenvalue weighted by atomic mass is 10.1. The van der Waals surface area contributed by atoms with Gasteiger partial charge in [0.2, 0.25) is 0 Å². The molecule has 1 atom stereocenters. The number of nitrogens with one attached hydrogen (secondary N) is 1. The van der Waals surface area contributed by atoms with Crippen molar-refractivity contribution in [3.63, 3.8) is 0 Å². The number of phenols is 1. The van der Waals surface area contributed by atoms with Crippen LogP contribution in [0.15, 0.2) is 24.3 Å². The molecule has 0 amide bonds. The van der Waals surface area contributed by atoms with E-state index in [1.807, 2.05) is 19.2 Å². The molecule has 72 valence electrons. The lowest BCUT2D eigenvalue weighted by Crippen LogP contribution is -2.18. The van der Waals surface area contributed by atoms with Gasteiger partial charge in [-0.05, 0) is 24.7 Å². The van der Waals surface area contributed by atoms with Crippen molar-refractivity contribution in [2.45, 2.75) is 6.10 Å². The fourth-order valence-corrected chi connectivity index (χ4v) is 1.25. The summed E-state index contributed by atoms with van der Waals surface area (Å²) in [5, 5.41) is 12.3. The summed E-state index contributed by atoms with van der Waals surface area (Å²) < 4.78 is 5.26. The first-order chi connectivity index (χ1) is 6.27. The molecule has 13 heavy (non-hydrogen) atoms. The second-order valence-electron chi connectivity index (χ2n) is 2.88. The largest absolute Gasteiger partial charge is 0.508 e. The Morgan fingerprint density at radius 3 is 2.85 bits per heavy atom. The third kappa shape index (κ3) is 2.72. The van der Waals surface area contributed by atoms with Gasteiger partial charge in [-0.1, -0.05) is 12.1 Å². The maximum Gasteiger partial charge on any atom is 0.115 e. The Morgan fingerprint density at radius 2 is 2.31 bits per heavy atom. The molecule has 0 aromatic heterocycles. The zero-order chi connectivity index (χ0) is 9.68. The van der Waals surface area contributed by atoms with Crippen molar-refractivity contribution in [2.75, 3.05) is 20.7 Å². The number of likely N-dealkylation sites (N-methyl/N-ethyl adjacent to an activating group) is 1. The van der Waals surface area contributed by atoms with Gasteiger partial charge in [0.25, 0.3) is 0 Å². The first kappa shape index (κ1) is 10.0. The number of hydrogen-bond donors (Lipinski definition) is 2. The van der Waals surface area contributed by atoms with Crippen molar-refractivity contribution in [3.05, 3.63) is 29.8 Å². The Balaban J connectivity index is 2.78. The van der Waals surface area contributed by atoms with Crippen molar-refractivity contribution in [1.82, 2.24) is 5.32 Å². The molecule has 1 rings (SSSR count). The van der Waals surface area contributed by atoms with E-state index >= 15 is 0 Å². The number of hydrogen-bond acceptors (Lipinski definition) is 3. The van der Waals surface area contributed by atoms with Gasteiger partial charge in [-0.3, -0.25) is 0 Å². The molecule has 0 fully saturated rings. The van der Waals surface area contributed by atoms with Crippen LogP contribution in [0, 0.1) is 0 Å².